The van der Waals surface area contributed by atoms with Crippen molar-refractivity contribution >= 4 is 15.9 Å². The number of nitrogens with zero attached hydrogens (tertiary/aromatic N) is 2. The van der Waals surface area contributed by atoms with Crippen molar-refractivity contribution < 1.29 is 0 Å². The molecule has 0 atom stereocenters. The summed E-state index contributed by atoms with van der Waals surface area (Å²) in [4.78, 5) is 0. The van der Waals surface area contributed by atoms with Crippen LogP contribution in [0.3, 0.4) is 0 Å². The molecule has 0 spiro atoms. The van der Waals surface area contributed by atoms with Gasteiger partial charge in [-0.1, -0.05) is 26.7 Å². The molecule has 0 aromatic carbocycles. The lowest BCUT2D eigenvalue weighted by atomic mass is 9.73. The third-order valence-corrected chi connectivity index (χ3v) is 5.93. The molecular weight excluding hydrogens is 326 g/mol. The maximum atomic E-state index is 6.73. The topological polar surface area (TPSA) is 43.8 Å². The number of nitrogens with two attached hydrogens (primary N) is 1. The van der Waals surface area contributed by atoms with Gasteiger partial charge >= 0.3 is 0 Å². The Labute approximate surface area is 137 Å². The van der Waals surface area contributed by atoms with E-state index in [1.54, 1.807) is 0 Å². The second-order valence-corrected chi connectivity index (χ2v) is 7.44. The highest BCUT2D eigenvalue weighted by Gasteiger charge is 2.33. The lowest BCUT2D eigenvalue weighted by Crippen LogP contribution is -2.45. The van der Waals surface area contributed by atoms with E-state index in [0.717, 1.165) is 43.8 Å². The molecule has 21 heavy (non-hydrogen) atoms. The minimum Gasteiger partial charge on any atom is -0.325 e. The van der Waals surface area contributed by atoms with Gasteiger partial charge in [0.1, 0.15) is 0 Å². The second kappa shape index (κ2) is 7.28. The van der Waals surface area contributed by atoms with E-state index in [0.29, 0.717) is 0 Å². The summed E-state index contributed by atoms with van der Waals surface area (Å²) in [6.07, 6.45) is 9.49. The van der Waals surface area contributed by atoms with E-state index in [1.807, 2.05) is 0 Å². The van der Waals surface area contributed by atoms with Gasteiger partial charge < -0.3 is 5.73 Å². The summed E-state index contributed by atoms with van der Waals surface area (Å²) in [5.41, 5.74) is 9.15. The van der Waals surface area contributed by atoms with Crippen LogP contribution in [0.5, 0.6) is 0 Å². The lowest BCUT2D eigenvalue weighted by Gasteiger charge is -2.37. The van der Waals surface area contributed by atoms with Crippen molar-refractivity contribution in [3.8, 4) is 0 Å². The Morgan fingerprint density at radius 3 is 2.48 bits per heavy atom. The highest BCUT2D eigenvalue weighted by molar-refractivity contribution is 9.10. The monoisotopic (exact) mass is 355 g/mol. The molecule has 1 saturated carbocycles. The fraction of sp³-hybridized carbons (Fsp3) is 0.824. The largest absolute Gasteiger partial charge is 0.325 e. The smallest absolute Gasteiger partial charge is 0.0766 e. The van der Waals surface area contributed by atoms with Crippen molar-refractivity contribution in [1.82, 2.24) is 9.78 Å². The zero-order valence-electron chi connectivity index (χ0n) is 13.8. The first-order valence-corrected chi connectivity index (χ1v) is 9.35. The van der Waals surface area contributed by atoms with Crippen LogP contribution in [0.2, 0.25) is 0 Å². The Morgan fingerprint density at radius 2 is 1.95 bits per heavy atom. The van der Waals surface area contributed by atoms with Crippen LogP contribution in [0, 0.1) is 5.92 Å². The van der Waals surface area contributed by atoms with Crippen LogP contribution in [0.1, 0.15) is 70.7 Å². The Hall–Kier alpha value is -0.350. The Bertz CT molecular complexity index is 459. The Morgan fingerprint density at radius 1 is 1.29 bits per heavy atom. The molecule has 1 aliphatic carbocycles. The number of aryl methyl sites for hydroxylation is 2. The zero-order valence-corrected chi connectivity index (χ0v) is 15.4. The van der Waals surface area contributed by atoms with E-state index < -0.39 is 0 Å². The fourth-order valence-corrected chi connectivity index (χ4v) is 4.35. The van der Waals surface area contributed by atoms with E-state index in [1.165, 1.54) is 35.8 Å². The van der Waals surface area contributed by atoms with Crippen molar-refractivity contribution in [3.05, 3.63) is 15.9 Å². The summed E-state index contributed by atoms with van der Waals surface area (Å²) >= 11 is 3.75. The van der Waals surface area contributed by atoms with Gasteiger partial charge in [-0.2, -0.15) is 5.10 Å². The van der Waals surface area contributed by atoms with E-state index >= 15 is 0 Å². The number of aromatic nitrogens is 2. The molecule has 3 nitrogen and oxygen atoms in total. The third kappa shape index (κ3) is 3.89. The molecule has 2 rings (SSSR count). The van der Waals surface area contributed by atoms with Gasteiger partial charge in [0.15, 0.2) is 0 Å². The predicted octanol–water partition coefficient (Wildman–Crippen LogP) is 4.46. The molecule has 1 fully saturated rings. The molecule has 0 amide bonds. The standard InChI is InChI=1S/C17H30BrN3/c1-4-7-13-8-10-17(19,11-9-13)12-15-16(18)14(5-2)20-21(15)6-3/h13H,4-12,19H2,1-3H3. The first-order chi connectivity index (χ1) is 10.0. The van der Waals surface area contributed by atoms with Gasteiger partial charge in [-0.3, -0.25) is 4.68 Å². The Balaban J connectivity index is 2.09. The van der Waals surface area contributed by atoms with Crippen LogP contribution < -0.4 is 5.73 Å². The molecule has 1 aliphatic rings. The van der Waals surface area contributed by atoms with E-state index in [9.17, 15) is 0 Å². The van der Waals surface area contributed by atoms with Gasteiger partial charge in [0.2, 0.25) is 0 Å². The van der Waals surface area contributed by atoms with Crippen LogP contribution in [0.4, 0.5) is 0 Å². The summed E-state index contributed by atoms with van der Waals surface area (Å²) in [6.45, 7) is 7.52. The fourth-order valence-electron chi connectivity index (χ4n) is 3.65. The normalized spacial score (nSPS) is 26.2. The maximum absolute atomic E-state index is 6.73. The summed E-state index contributed by atoms with van der Waals surface area (Å²) < 4.78 is 3.32. The summed E-state index contributed by atoms with van der Waals surface area (Å²) in [7, 11) is 0. The highest BCUT2D eigenvalue weighted by Crippen LogP contribution is 2.36. The molecule has 1 aromatic rings. The van der Waals surface area contributed by atoms with E-state index in [2.05, 4.69) is 41.4 Å². The third-order valence-electron chi connectivity index (χ3n) is 5.01. The van der Waals surface area contributed by atoms with E-state index in [-0.39, 0.29) is 5.54 Å². The molecule has 1 aromatic heterocycles. The van der Waals surface area contributed by atoms with Gasteiger partial charge in [-0.15, -0.1) is 0 Å². The maximum Gasteiger partial charge on any atom is 0.0766 e. The van der Waals surface area contributed by atoms with E-state index in [4.69, 9.17) is 10.8 Å². The molecule has 2 N–H and O–H groups in total. The first kappa shape index (κ1) is 17.0. The summed E-state index contributed by atoms with van der Waals surface area (Å²) in [5.74, 6) is 0.900. The van der Waals surface area contributed by atoms with Crippen LogP contribution in [-0.4, -0.2) is 15.3 Å². The Kier molecular flexibility index (Phi) is 5.89. The number of hydrogen-bond donors (Lipinski definition) is 1. The molecule has 0 bridgehead atoms. The van der Waals surface area contributed by atoms with Crippen molar-refractivity contribution in [2.45, 2.75) is 84.2 Å². The van der Waals surface area contributed by atoms with Crippen LogP contribution in [-0.2, 0) is 19.4 Å². The molecule has 4 heteroatoms. The molecule has 1 heterocycles. The first-order valence-electron chi connectivity index (χ1n) is 8.55. The average molecular weight is 356 g/mol. The van der Waals surface area contributed by atoms with Gasteiger partial charge in [0.25, 0.3) is 0 Å². The second-order valence-electron chi connectivity index (χ2n) is 6.65. The van der Waals surface area contributed by atoms with Gasteiger partial charge in [-0.25, -0.2) is 0 Å². The number of rotatable bonds is 6. The summed E-state index contributed by atoms with van der Waals surface area (Å²) in [5, 5.41) is 4.70. The average Bonchev–Trinajstić information content (AvgIpc) is 2.78. The highest BCUT2D eigenvalue weighted by atomic mass is 79.9. The predicted molar refractivity (Wildman–Crippen MR) is 92.5 cm³/mol. The van der Waals surface area contributed by atoms with Crippen molar-refractivity contribution in [1.29, 1.82) is 0 Å². The number of halogens is 1. The SMILES string of the molecule is CCCC1CCC(N)(Cc2c(Br)c(CC)nn2CC)CC1. The van der Waals surface area contributed by atoms with Crippen LogP contribution >= 0.6 is 15.9 Å². The van der Waals surface area contributed by atoms with Crippen LogP contribution in [0.25, 0.3) is 0 Å². The minimum atomic E-state index is -0.0370. The van der Waals surface area contributed by atoms with Crippen molar-refractivity contribution in [3.63, 3.8) is 0 Å². The van der Waals surface area contributed by atoms with Gasteiger partial charge in [0.05, 0.1) is 15.9 Å². The van der Waals surface area contributed by atoms with Crippen molar-refractivity contribution in [2.24, 2.45) is 11.7 Å². The summed E-state index contributed by atoms with van der Waals surface area (Å²) in [6, 6.07) is 0. The molecule has 0 saturated heterocycles. The molecule has 120 valence electrons. The molecule has 0 aliphatic heterocycles. The zero-order chi connectivity index (χ0) is 15.5. The molecule has 0 unspecified atom stereocenters. The van der Waals surface area contributed by atoms with Gasteiger partial charge in [-0.05, 0) is 60.9 Å². The number of hydrogen-bond acceptors (Lipinski definition) is 2. The van der Waals surface area contributed by atoms with Gasteiger partial charge in [0, 0.05) is 18.5 Å². The molecular formula is C17H30BrN3. The minimum absolute atomic E-state index is 0.0370. The van der Waals surface area contributed by atoms with Crippen molar-refractivity contribution in [2.75, 3.05) is 0 Å². The quantitative estimate of drug-likeness (QED) is 0.818. The van der Waals surface area contributed by atoms with Crippen LogP contribution in [0.15, 0.2) is 4.47 Å². The molecule has 0 radical (unpaired) electrons. The lowest BCUT2D eigenvalue weighted by molar-refractivity contribution is 0.220.